The third kappa shape index (κ3) is 4.27. The molecule has 27 heavy (non-hydrogen) atoms. The van der Waals surface area contributed by atoms with E-state index in [9.17, 15) is 19.2 Å². The highest BCUT2D eigenvalue weighted by Crippen LogP contribution is 2.25. The fourth-order valence-electron chi connectivity index (χ4n) is 3.57. The van der Waals surface area contributed by atoms with Gasteiger partial charge in [0.1, 0.15) is 12.6 Å². The highest BCUT2D eigenvalue weighted by molar-refractivity contribution is 6.15. The molecule has 1 aliphatic heterocycles. The van der Waals surface area contributed by atoms with E-state index in [4.69, 9.17) is 0 Å². The Bertz CT molecular complexity index is 730. The molecule has 1 unspecified atom stereocenters. The number of benzene rings is 1. The van der Waals surface area contributed by atoms with Crippen LogP contribution in [0.5, 0.6) is 0 Å². The molecule has 3 rings (SSSR count). The fraction of sp³-hybridized carbons (Fsp3) is 0.474. The van der Waals surface area contributed by atoms with Gasteiger partial charge in [0.25, 0.3) is 5.91 Å². The fourth-order valence-corrected chi connectivity index (χ4v) is 3.57. The van der Waals surface area contributed by atoms with Crippen LogP contribution in [0.3, 0.4) is 0 Å². The van der Waals surface area contributed by atoms with E-state index in [2.05, 4.69) is 10.6 Å². The van der Waals surface area contributed by atoms with Gasteiger partial charge in [-0.1, -0.05) is 37.5 Å². The predicted octanol–water partition coefficient (Wildman–Crippen LogP) is 2.00. The molecule has 1 atom stereocenters. The lowest BCUT2D eigenvalue weighted by molar-refractivity contribution is -0.131. The standard InChI is InChI=1S/C19H24N4O4/c1-13-17(25)22(19(27)23(13)15-10-6-3-7-11-15)12-16(24)21-18(26)20-14-8-4-2-5-9-14/h3,6-7,10-11,13-14H,2,4-5,8-9,12H2,1H3,(H2,20,21,24,26). The maximum Gasteiger partial charge on any atom is 0.332 e. The Hall–Kier alpha value is -2.90. The number of para-hydroxylation sites is 1. The van der Waals surface area contributed by atoms with Gasteiger partial charge in [-0.25, -0.2) is 9.59 Å². The largest absolute Gasteiger partial charge is 0.335 e. The van der Waals surface area contributed by atoms with Gasteiger partial charge >= 0.3 is 12.1 Å². The van der Waals surface area contributed by atoms with E-state index in [1.54, 1.807) is 31.2 Å². The number of amides is 6. The monoisotopic (exact) mass is 372 g/mol. The number of nitrogens with zero attached hydrogens (tertiary/aromatic N) is 2. The minimum absolute atomic E-state index is 0.0650. The van der Waals surface area contributed by atoms with Gasteiger partial charge in [-0.05, 0) is 31.9 Å². The van der Waals surface area contributed by atoms with Crippen LogP contribution in [0.15, 0.2) is 30.3 Å². The van der Waals surface area contributed by atoms with E-state index < -0.39 is 36.5 Å². The SMILES string of the molecule is CC1C(=O)N(CC(=O)NC(=O)NC2CCCCC2)C(=O)N1c1ccccc1. The molecule has 1 saturated heterocycles. The third-order valence-electron chi connectivity index (χ3n) is 4.98. The second-order valence-corrected chi connectivity index (χ2v) is 6.95. The number of imide groups is 2. The first-order chi connectivity index (χ1) is 13.0. The molecule has 0 spiro atoms. The summed E-state index contributed by atoms with van der Waals surface area (Å²) in [5.74, 6) is -1.15. The number of hydrogen-bond donors (Lipinski definition) is 2. The Morgan fingerprint density at radius 2 is 1.74 bits per heavy atom. The van der Waals surface area contributed by atoms with E-state index in [1.165, 1.54) is 4.90 Å². The maximum absolute atomic E-state index is 12.6. The van der Waals surface area contributed by atoms with Crippen LogP contribution in [0.4, 0.5) is 15.3 Å². The Morgan fingerprint density at radius 1 is 1.07 bits per heavy atom. The van der Waals surface area contributed by atoms with Gasteiger partial charge < -0.3 is 5.32 Å². The highest BCUT2D eigenvalue weighted by Gasteiger charge is 2.44. The van der Waals surface area contributed by atoms with Crippen LogP contribution in [0.2, 0.25) is 0 Å². The van der Waals surface area contributed by atoms with Gasteiger partial charge in [0, 0.05) is 11.7 Å². The van der Waals surface area contributed by atoms with E-state index in [1.807, 2.05) is 6.07 Å². The Kier molecular flexibility index (Phi) is 5.73. The number of carbonyl (C=O) groups is 4. The van der Waals surface area contributed by atoms with Crippen molar-refractivity contribution in [2.75, 3.05) is 11.4 Å². The van der Waals surface area contributed by atoms with Gasteiger partial charge in [0.2, 0.25) is 5.91 Å². The molecule has 2 N–H and O–H groups in total. The lowest BCUT2D eigenvalue weighted by Gasteiger charge is -2.23. The van der Waals surface area contributed by atoms with Crippen molar-refractivity contribution >= 4 is 29.6 Å². The average molecular weight is 372 g/mol. The number of urea groups is 2. The maximum atomic E-state index is 12.6. The summed E-state index contributed by atoms with van der Waals surface area (Å²) in [6.45, 7) is 1.13. The second-order valence-electron chi connectivity index (χ2n) is 6.95. The number of nitrogens with one attached hydrogen (secondary N) is 2. The Morgan fingerprint density at radius 3 is 2.41 bits per heavy atom. The van der Waals surface area contributed by atoms with Crippen LogP contribution in [0, 0.1) is 0 Å². The van der Waals surface area contributed by atoms with Gasteiger partial charge in [-0.2, -0.15) is 0 Å². The zero-order chi connectivity index (χ0) is 19.4. The van der Waals surface area contributed by atoms with Crippen molar-refractivity contribution in [3.8, 4) is 0 Å². The summed E-state index contributed by atoms with van der Waals surface area (Å²) in [7, 11) is 0. The molecular formula is C19H24N4O4. The van der Waals surface area contributed by atoms with Crippen LogP contribution < -0.4 is 15.5 Å². The van der Waals surface area contributed by atoms with E-state index in [-0.39, 0.29) is 6.04 Å². The summed E-state index contributed by atoms with van der Waals surface area (Å²) in [6, 6.07) is 7.01. The lowest BCUT2D eigenvalue weighted by atomic mass is 9.96. The van der Waals surface area contributed by atoms with Gasteiger partial charge in [0.15, 0.2) is 0 Å². The van der Waals surface area contributed by atoms with Crippen molar-refractivity contribution in [2.45, 2.75) is 51.1 Å². The molecule has 0 aromatic heterocycles. The van der Waals surface area contributed by atoms with Gasteiger partial charge in [-0.3, -0.25) is 24.7 Å². The van der Waals surface area contributed by atoms with Crippen molar-refractivity contribution in [1.29, 1.82) is 0 Å². The van der Waals surface area contributed by atoms with E-state index in [0.717, 1.165) is 37.0 Å². The Balaban J connectivity index is 1.58. The molecular weight excluding hydrogens is 348 g/mol. The van der Waals surface area contributed by atoms with E-state index >= 15 is 0 Å². The van der Waals surface area contributed by atoms with Crippen molar-refractivity contribution < 1.29 is 19.2 Å². The Labute approximate surface area is 157 Å². The first-order valence-electron chi connectivity index (χ1n) is 9.27. The minimum Gasteiger partial charge on any atom is -0.335 e. The quantitative estimate of drug-likeness (QED) is 0.790. The second kappa shape index (κ2) is 8.20. The smallest absolute Gasteiger partial charge is 0.332 e. The topological polar surface area (TPSA) is 98.8 Å². The average Bonchev–Trinajstić information content (AvgIpc) is 2.86. The highest BCUT2D eigenvalue weighted by atomic mass is 16.2. The van der Waals surface area contributed by atoms with Crippen LogP contribution in [0.25, 0.3) is 0 Å². The molecule has 8 heteroatoms. The number of carbonyl (C=O) groups excluding carboxylic acids is 4. The molecule has 1 aliphatic carbocycles. The molecule has 0 radical (unpaired) electrons. The first kappa shape index (κ1) is 18.9. The minimum atomic E-state index is -0.705. The molecule has 2 fully saturated rings. The molecule has 6 amide bonds. The zero-order valence-electron chi connectivity index (χ0n) is 15.3. The normalized spacial score (nSPS) is 20.7. The molecule has 2 aliphatic rings. The molecule has 1 saturated carbocycles. The summed E-state index contributed by atoms with van der Waals surface area (Å²) in [4.78, 5) is 51.4. The van der Waals surface area contributed by atoms with Gasteiger partial charge in [0.05, 0.1) is 0 Å². The summed E-state index contributed by atoms with van der Waals surface area (Å²) < 4.78 is 0. The first-order valence-corrected chi connectivity index (χ1v) is 9.27. The van der Waals surface area contributed by atoms with E-state index in [0.29, 0.717) is 5.69 Å². The summed E-state index contributed by atoms with van der Waals surface area (Å²) in [6.07, 6.45) is 5.07. The molecule has 1 aromatic carbocycles. The van der Waals surface area contributed by atoms with Crippen molar-refractivity contribution in [1.82, 2.24) is 15.5 Å². The zero-order valence-corrected chi connectivity index (χ0v) is 15.3. The third-order valence-corrected chi connectivity index (χ3v) is 4.98. The lowest BCUT2D eigenvalue weighted by Crippen LogP contribution is -2.49. The summed E-state index contributed by atoms with van der Waals surface area (Å²) >= 11 is 0. The molecule has 8 nitrogen and oxygen atoms in total. The van der Waals surface area contributed by atoms with Crippen molar-refractivity contribution in [3.05, 3.63) is 30.3 Å². The summed E-state index contributed by atoms with van der Waals surface area (Å²) in [5, 5.41) is 4.98. The molecule has 1 heterocycles. The number of rotatable bonds is 4. The van der Waals surface area contributed by atoms with Crippen LogP contribution in [-0.2, 0) is 9.59 Å². The van der Waals surface area contributed by atoms with Crippen molar-refractivity contribution in [3.63, 3.8) is 0 Å². The van der Waals surface area contributed by atoms with Crippen LogP contribution in [0.1, 0.15) is 39.0 Å². The number of hydrogen-bond acceptors (Lipinski definition) is 4. The van der Waals surface area contributed by atoms with Crippen LogP contribution >= 0.6 is 0 Å². The predicted molar refractivity (Wildman–Crippen MR) is 99.0 cm³/mol. The van der Waals surface area contributed by atoms with Gasteiger partial charge in [-0.15, -0.1) is 0 Å². The molecule has 1 aromatic rings. The molecule has 144 valence electrons. The number of anilines is 1. The van der Waals surface area contributed by atoms with Crippen molar-refractivity contribution in [2.24, 2.45) is 0 Å². The summed E-state index contributed by atoms with van der Waals surface area (Å²) in [5.41, 5.74) is 0.585. The van der Waals surface area contributed by atoms with Crippen LogP contribution in [-0.4, -0.2) is 47.4 Å². The molecule has 0 bridgehead atoms.